The standard InChI is InChI=1S/C14H10N4/c1-10-5-4-8-18-14(10)16-13(17-18)11-6-3-7-12(9-11)15-2/h3-9H,1H3. The van der Waals surface area contributed by atoms with Gasteiger partial charge in [-0.15, -0.1) is 5.10 Å². The molecule has 4 heteroatoms. The Kier molecular flexibility index (Phi) is 2.31. The van der Waals surface area contributed by atoms with Gasteiger partial charge >= 0.3 is 0 Å². The second-order valence-electron chi connectivity index (χ2n) is 4.06. The SMILES string of the molecule is [C-]#[N+]c1cccc(-c2nc3c(C)cccn3n2)c1. The molecule has 0 spiro atoms. The van der Waals surface area contributed by atoms with Crippen molar-refractivity contribution in [3.63, 3.8) is 0 Å². The van der Waals surface area contributed by atoms with Crippen LogP contribution in [0.4, 0.5) is 5.69 Å². The molecule has 0 aliphatic carbocycles. The maximum atomic E-state index is 7.02. The molecule has 2 heterocycles. The summed E-state index contributed by atoms with van der Waals surface area (Å²) in [5, 5.41) is 4.42. The highest BCUT2D eigenvalue weighted by Crippen LogP contribution is 2.22. The predicted molar refractivity (Wildman–Crippen MR) is 69.4 cm³/mol. The topological polar surface area (TPSA) is 34.5 Å². The summed E-state index contributed by atoms with van der Waals surface area (Å²) >= 11 is 0. The largest absolute Gasteiger partial charge is 0.238 e. The minimum atomic E-state index is 0.600. The van der Waals surface area contributed by atoms with Gasteiger partial charge in [-0.05, 0) is 24.6 Å². The normalized spacial score (nSPS) is 10.4. The van der Waals surface area contributed by atoms with E-state index in [4.69, 9.17) is 6.57 Å². The number of fused-ring (bicyclic) bond motifs is 1. The molecular weight excluding hydrogens is 224 g/mol. The van der Waals surface area contributed by atoms with Crippen molar-refractivity contribution in [2.24, 2.45) is 0 Å². The highest BCUT2D eigenvalue weighted by atomic mass is 15.3. The Morgan fingerprint density at radius 2 is 2.11 bits per heavy atom. The molecule has 0 radical (unpaired) electrons. The fraction of sp³-hybridized carbons (Fsp3) is 0.0714. The van der Waals surface area contributed by atoms with Crippen molar-refractivity contribution < 1.29 is 0 Å². The van der Waals surface area contributed by atoms with E-state index in [1.54, 1.807) is 16.6 Å². The number of aryl methyl sites for hydroxylation is 1. The van der Waals surface area contributed by atoms with Gasteiger partial charge in [0.2, 0.25) is 0 Å². The predicted octanol–water partition coefficient (Wildman–Crippen LogP) is 3.26. The first-order valence-corrected chi connectivity index (χ1v) is 5.58. The van der Waals surface area contributed by atoms with Crippen LogP contribution in [0.1, 0.15) is 5.56 Å². The van der Waals surface area contributed by atoms with Gasteiger partial charge in [-0.2, -0.15) is 0 Å². The highest BCUT2D eigenvalue weighted by molar-refractivity contribution is 5.65. The number of hydrogen-bond donors (Lipinski definition) is 0. The van der Waals surface area contributed by atoms with Gasteiger partial charge in [0.25, 0.3) is 0 Å². The molecule has 1 aromatic carbocycles. The molecule has 0 saturated heterocycles. The second kappa shape index (κ2) is 3.97. The Balaban J connectivity index is 2.20. The molecular formula is C14H10N4. The van der Waals surface area contributed by atoms with Crippen molar-refractivity contribution in [1.29, 1.82) is 0 Å². The van der Waals surface area contributed by atoms with Gasteiger partial charge in [-0.3, -0.25) is 0 Å². The number of pyridine rings is 1. The Bertz CT molecular complexity index is 765. The number of benzene rings is 1. The van der Waals surface area contributed by atoms with Crippen LogP contribution in [0.5, 0.6) is 0 Å². The van der Waals surface area contributed by atoms with Crippen LogP contribution in [0.2, 0.25) is 0 Å². The lowest BCUT2D eigenvalue weighted by Crippen LogP contribution is -1.87. The van der Waals surface area contributed by atoms with E-state index in [0.29, 0.717) is 11.5 Å². The molecule has 3 aromatic rings. The van der Waals surface area contributed by atoms with E-state index < -0.39 is 0 Å². The van der Waals surface area contributed by atoms with E-state index in [-0.39, 0.29) is 0 Å². The lowest BCUT2D eigenvalue weighted by Gasteiger charge is -1.94. The fourth-order valence-electron chi connectivity index (χ4n) is 1.88. The summed E-state index contributed by atoms with van der Waals surface area (Å²) < 4.78 is 1.76. The Morgan fingerprint density at radius 3 is 2.89 bits per heavy atom. The monoisotopic (exact) mass is 234 g/mol. The van der Waals surface area contributed by atoms with Crippen molar-refractivity contribution >= 4 is 11.3 Å². The molecule has 2 aromatic heterocycles. The Morgan fingerprint density at radius 1 is 1.22 bits per heavy atom. The maximum Gasteiger partial charge on any atom is 0.187 e. The molecule has 0 unspecified atom stereocenters. The van der Waals surface area contributed by atoms with E-state index in [1.807, 2.05) is 37.4 Å². The van der Waals surface area contributed by atoms with Crippen LogP contribution in [0.3, 0.4) is 0 Å². The number of nitrogens with zero attached hydrogens (tertiary/aromatic N) is 4. The molecule has 86 valence electrons. The average Bonchev–Trinajstić information content (AvgIpc) is 2.84. The molecule has 0 aliphatic rings. The van der Waals surface area contributed by atoms with Crippen LogP contribution in [-0.2, 0) is 0 Å². The number of aromatic nitrogens is 3. The van der Waals surface area contributed by atoms with Crippen LogP contribution >= 0.6 is 0 Å². The summed E-state index contributed by atoms with van der Waals surface area (Å²) in [5.41, 5.74) is 3.40. The molecule has 0 bridgehead atoms. The summed E-state index contributed by atoms with van der Waals surface area (Å²) in [6, 6.07) is 11.3. The van der Waals surface area contributed by atoms with E-state index in [9.17, 15) is 0 Å². The second-order valence-corrected chi connectivity index (χ2v) is 4.06. The van der Waals surface area contributed by atoms with Gasteiger partial charge in [0.1, 0.15) is 0 Å². The van der Waals surface area contributed by atoms with E-state index in [2.05, 4.69) is 14.9 Å². The molecule has 0 amide bonds. The van der Waals surface area contributed by atoms with Gasteiger partial charge in [-0.1, -0.05) is 24.3 Å². The summed E-state index contributed by atoms with van der Waals surface area (Å²) in [4.78, 5) is 7.92. The van der Waals surface area contributed by atoms with Gasteiger partial charge in [0.05, 0.1) is 6.57 Å². The first-order chi connectivity index (χ1) is 8.78. The first kappa shape index (κ1) is 10.5. The zero-order valence-electron chi connectivity index (χ0n) is 9.83. The van der Waals surface area contributed by atoms with Gasteiger partial charge in [0, 0.05) is 11.8 Å². The zero-order chi connectivity index (χ0) is 12.5. The molecule has 0 saturated carbocycles. The summed E-state index contributed by atoms with van der Waals surface area (Å²) in [6.07, 6.45) is 1.87. The Hall–Kier alpha value is -2.67. The minimum Gasteiger partial charge on any atom is -0.238 e. The quantitative estimate of drug-likeness (QED) is 0.606. The summed E-state index contributed by atoms with van der Waals surface area (Å²) in [6.45, 7) is 9.03. The zero-order valence-corrected chi connectivity index (χ0v) is 9.83. The molecule has 0 aliphatic heterocycles. The van der Waals surface area contributed by atoms with Crippen molar-refractivity contribution in [2.75, 3.05) is 0 Å². The number of rotatable bonds is 1. The minimum absolute atomic E-state index is 0.600. The summed E-state index contributed by atoms with van der Waals surface area (Å²) in [5.74, 6) is 0.648. The van der Waals surface area contributed by atoms with Crippen LogP contribution in [0.25, 0.3) is 21.9 Å². The van der Waals surface area contributed by atoms with Crippen LogP contribution in [-0.4, -0.2) is 14.6 Å². The third kappa shape index (κ3) is 1.62. The van der Waals surface area contributed by atoms with Gasteiger partial charge in [-0.25, -0.2) is 14.3 Å². The third-order valence-electron chi connectivity index (χ3n) is 2.79. The first-order valence-electron chi connectivity index (χ1n) is 5.58. The van der Waals surface area contributed by atoms with Crippen LogP contribution in [0, 0.1) is 13.5 Å². The highest BCUT2D eigenvalue weighted by Gasteiger charge is 2.07. The van der Waals surface area contributed by atoms with Crippen LogP contribution in [0.15, 0.2) is 42.6 Å². The van der Waals surface area contributed by atoms with Crippen molar-refractivity contribution in [2.45, 2.75) is 6.92 Å². The number of hydrogen-bond acceptors (Lipinski definition) is 2. The smallest absolute Gasteiger partial charge is 0.187 e. The maximum absolute atomic E-state index is 7.02. The lowest BCUT2D eigenvalue weighted by molar-refractivity contribution is 0.960. The molecule has 4 nitrogen and oxygen atoms in total. The molecule has 0 fully saturated rings. The van der Waals surface area contributed by atoms with Crippen molar-refractivity contribution in [1.82, 2.24) is 14.6 Å². The van der Waals surface area contributed by atoms with E-state index in [0.717, 1.165) is 16.8 Å². The van der Waals surface area contributed by atoms with E-state index in [1.165, 1.54) is 0 Å². The van der Waals surface area contributed by atoms with Crippen molar-refractivity contribution in [3.8, 4) is 11.4 Å². The van der Waals surface area contributed by atoms with Crippen molar-refractivity contribution in [3.05, 3.63) is 59.6 Å². The van der Waals surface area contributed by atoms with E-state index >= 15 is 0 Å². The molecule has 0 atom stereocenters. The average molecular weight is 234 g/mol. The Labute approximate surface area is 104 Å². The fourth-order valence-corrected chi connectivity index (χ4v) is 1.88. The molecule has 0 N–H and O–H groups in total. The van der Waals surface area contributed by atoms with Crippen LogP contribution < -0.4 is 0 Å². The molecule has 18 heavy (non-hydrogen) atoms. The van der Waals surface area contributed by atoms with Gasteiger partial charge in [0.15, 0.2) is 17.2 Å². The summed E-state index contributed by atoms with van der Waals surface area (Å²) in [7, 11) is 0. The lowest BCUT2D eigenvalue weighted by atomic mass is 10.2. The van der Waals surface area contributed by atoms with Gasteiger partial charge < -0.3 is 0 Å². The third-order valence-corrected chi connectivity index (χ3v) is 2.79. The molecule has 3 rings (SSSR count).